The summed E-state index contributed by atoms with van der Waals surface area (Å²) in [6.45, 7) is 4.66. The number of rotatable bonds is 5. The fourth-order valence-electron chi connectivity index (χ4n) is 7.84. The van der Waals surface area contributed by atoms with E-state index in [9.17, 15) is 27.9 Å². The molecule has 1 N–H and O–H groups in total. The maximum atomic E-state index is 13.7. The van der Waals surface area contributed by atoms with Crippen molar-refractivity contribution >= 4 is 39.4 Å². The summed E-state index contributed by atoms with van der Waals surface area (Å²) in [5, 5.41) is 11.7. The Morgan fingerprint density at radius 2 is 1.92 bits per heavy atom. The first-order valence-corrected chi connectivity index (χ1v) is 14.2. The molecule has 0 aromatic rings. The Morgan fingerprint density at radius 3 is 2.53 bits per heavy atom. The molecule has 0 radical (unpaired) electrons. The van der Waals surface area contributed by atoms with Crippen LogP contribution in [-0.2, 0) is 33.4 Å². The number of fused-ring (bicyclic) bond motifs is 5. The summed E-state index contributed by atoms with van der Waals surface area (Å²) in [5.74, 6) is -1.92. The maximum Gasteiger partial charge on any atom is 0.509 e. The van der Waals surface area contributed by atoms with Gasteiger partial charge in [-0.25, -0.2) is 4.79 Å². The lowest BCUT2D eigenvalue weighted by Gasteiger charge is -2.64. The average Bonchev–Trinajstić information content (AvgIpc) is 3.00. The highest BCUT2D eigenvalue weighted by atomic mass is 35.5. The summed E-state index contributed by atoms with van der Waals surface area (Å²) in [4.78, 5) is 37.1. The molecule has 0 spiro atoms. The van der Waals surface area contributed by atoms with Gasteiger partial charge in [0.2, 0.25) is 5.78 Å². The SMILES string of the molecule is COC(=O)O[C@]1(C(=O)COS(C)(=O)=O)[C@H](C)C[C@H]2[C@@H]3CCC4=CC(=O)C=C[C@]4(C)[C@@]3(Cl)C(O)C[C@@]21C. The molecule has 0 aromatic carbocycles. The number of allylic oxidation sites excluding steroid dienone is 4. The molecule has 36 heavy (non-hydrogen) atoms. The van der Waals surface area contributed by atoms with Crippen molar-refractivity contribution < 1.29 is 41.6 Å². The molecule has 0 saturated heterocycles. The normalized spacial score (nSPS) is 43.6. The number of ketones is 2. The van der Waals surface area contributed by atoms with Crippen LogP contribution in [0.3, 0.4) is 0 Å². The smallest absolute Gasteiger partial charge is 0.438 e. The van der Waals surface area contributed by atoms with E-state index < -0.39 is 62.0 Å². The molecule has 11 heteroatoms. The number of aliphatic hydroxyl groups excluding tert-OH is 1. The van der Waals surface area contributed by atoms with Crippen molar-refractivity contribution in [2.75, 3.05) is 20.0 Å². The summed E-state index contributed by atoms with van der Waals surface area (Å²) in [6, 6.07) is 0. The third-order valence-electron chi connectivity index (χ3n) is 9.41. The Bertz CT molecular complexity index is 1160. The van der Waals surface area contributed by atoms with Crippen LogP contribution < -0.4 is 0 Å². The molecule has 200 valence electrons. The first-order valence-electron chi connectivity index (χ1n) is 12.0. The van der Waals surface area contributed by atoms with E-state index in [2.05, 4.69) is 0 Å². The van der Waals surface area contributed by atoms with Gasteiger partial charge < -0.3 is 14.6 Å². The average molecular weight is 545 g/mol. The van der Waals surface area contributed by atoms with Crippen molar-refractivity contribution in [1.29, 1.82) is 0 Å². The Kier molecular flexibility index (Phi) is 6.55. The summed E-state index contributed by atoms with van der Waals surface area (Å²) >= 11 is 7.42. The van der Waals surface area contributed by atoms with Gasteiger partial charge in [-0.05, 0) is 49.7 Å². The van der Waals surface area contributed by atoms with Crippen molar-refractivity contribution in [2.45, 2.75) is 63.0 Å². The van der Waals surface area contributed by atoms with Crippen molar-refractivity contribution in [1.82, 2.24) is 0 Å². The highest BCUT2D eigenvalue weighted by molar-refractivity contribution is 7.86. The van der Waals surface area contributed by atoms with Crippen LogP contribution in [0.25, 0.3) is 0 Å². The van der Waals surface area contributed by atoms with Gasteiger partial charge in [-0.15, -0.1) is 11.6 Å². The molecule has 4 rings (SSSR count). The van der Waals surface area contributed by atoms with E-state index in [4.69, 9.17) is 25.3 Å². The fourth-order valence-corrected chi connectivity index (χ4v) is 8.68. The van der Waals surface area contributed by atoms with E-state index >= 15 is 0 Å². The third kappa shape index (κ3) is 3.62. The summed E-state index contributed by atoms with van der Waals surface area (Å²) in [5.41, 5.74) is -2.81. The molecule has 4 aliphatic rings. The van der Waals surface area contributed by atoms with Crippen LogP contribution in [0.2, 0.25) is 0 Å². The van der Waals surface area contributed by atoms with Gasteiger partial charge in [-0.1, -0.05) is 32.4 Å². The minimum Gasteiger partial charge on any atom is -0.438 e. The fraction of sp³-hybridized carbons (Fsp3) is 0.720. The van der Waals surface area contributed by atoms with Crippen LogP contribution in [0.5, 0.6) is 0 Å². The molecule has 1 unspecified atom stereocenters. The largest absolute Gasteiger partial charge is 0.509 e. The molecule has 3 fully saturated rings. The molecule has 3 saturated carbocycles. The zero-order valence-electron chi connectivity index (χ0n) is 21.1. The number of hydrogen-bond acceptors (Lipinski definition) is 9. The first kappa shape index (κ1) is 27.3. The van der Waals surface area contributed by atoms with Gasteiger partial charge in [-0.3, -0.25) is 13.8 Å². The molecule has 0 bridgehead atoms. The van der Waals surface area contributed by atoms with E-state index in [1.54, 1.807) is 26.0 Å². The number of Topliss-reactive ketones (excluding diaryl/α,β-unsaturated/α-hetero) is 1. The van der Waals surface area contributed by atoms with Gasteiger partial charge in [0, 0.05) is 16.7 Å². The van der Waals surface area contributed by atoms with Crippen molar-refractivity contribution in [3.8, 4) is 0 Å². The summed E-state index contributed by atoms with van der Waals surface area (Å²) in [6.07, 6.45) is 5.08. The molecule has 8 atom stereocenters. The zero-order valence-corrected chi connectivity index (χ0v) is 22.6. The van der Waals surface area contributed by atoms with Crippen molar-refractivity contribution in [3.63, 3.8) is 0 Å². The molecule has 0 aliphatic heterocycles. The second-order valence-electron chi connectivity index (χ2n) is 11.1. The van der Waals surface area contributed by atoms with Gasteiger partial charge in [-0.2, -0.15) is 8.42 Å². The standard InChI is InChI=1S/C25H33ClO9S/c1-14-10-18-17-7-6-15-11-16(27)8-9-22(15,2)24(17,26)19(28)12-23(18,3)25(14,35-21(30)33-4)20(29)13-34-36(5,31)32/h8-9,11,14,17-19,28H,6-7,10,12-13H2,1-5H3/t14-,17+,18+,19?,22+,23+,24+,25+/m1/s1. The molecular weight excluding hydrogens is 512 g/mol. The van der Waals surface area contributed by atoms with Crippen LogP contribution in [0.1, 0.15) is 46.5 Å². The molecule has 0 heterocycles. The predicted molar refractivity (Wildman–Crippen MR) is 130 cm³/mol. The number of carbonyl (C=O) groups excluding carboxylic acids is 3. The Labute approximate surface area is 216 Å². The maximum absolute atomic E-state index is 13.7. The molecule has 4 aliphatic carbocycles. The van der Waals surface area contributed by atoms with E-state index in [1.165, 1.54) is 6.08 Å². The van der Waals surface area contributed by atoms with Crippen LogP contribution in [-0.4, -0.2) is 67.8 Å². The highest BCUT2D eigenvalue weighted by Gasteiger charge is 2.76. The highest BCUT2D eigenvalue weighted by Crippen LogP contribution is 2.72. The second kappa shape index (κ2) is 8.64. The van der Waals surface area contributed by atoms with Gasteiger partial charge in [0.15, 0.2) is 11.4 Å². The van der Waals surface area contributed by atoms with E-state index in [1.807, 2.05) is 6.92 Å². The molecule has 0 aromatic heterocycles. The Balaban J connectivity index is 1.82. The molecule has 0 amide bonds. The minimum atomic E-state index is -3.95. The van der Waals surface area contributed by atoms with E-state index in [0.29, 0.717) is 19.3 Å². The number of aliphatic hydroxyl groups is 1. The summed E-state index contributed by atoms with van der Waals surface area (Å²) in [7, 11) is -2.82. The first-order chi connectivity index (χ1) is 16.6. The van der Waals surface area contributed by atoms with Gasteiger partial charge in [0.1, 0.15) is 6.61 Å². The number of halogens is 1. The Morgan fingerprint density at radius 1 is 1.25 bits per heavy atom. The number of ether oxygens (including phenoxy) is 2. The third-order valence-corrected chi connectivity index (χ3v) is 10.9. The number of alkyl halides is 1. The summed E-state index contributed by atoms with van der Waals surface area (Å²) < 4.78 is 38.6. The lowest BCUT2D eigenvalue weighted by Crippen LogP contribution is -2.69. The number of carbonyl (C=O) groups is 3. The lowest BCUT2D eigenvalue weighted by atomic mass is 9.45. The van der Waals surface area contributed by atoms with Crippen molar-refractivity contribution in [2.24, 2.45) is 28.6 Å². The second-order valence-corrected chi connectivity index (χ2v) is 13.4. The minimum absolute atomic E-state index is 0.00821. The van der Waals surface area contributed by atoms with Gasteiger partial charge in [0.25, 0.3) is 10.1 Å². The van der Waals surface area contributed by atoms with Crippen LogP contribution in [0.4, 0.5) is 4.79 Å². The predicted octanol–water partition coefficient (Wildman–Crippen LogP) is 2.94. The lowest BCUT2D eigenvalue weighted by molar-refractivity contribution is -0.184. The van der Waals surface area contributed by atoms with Crippen molar-refractivity contribution in [3.05, 3.63) is 23.8 Å². The van der Waals surface area contributed by atoms with Crippen LogP contribution in [0, 0.1) is 28.6 Å². The number of hydrogen-bond donors (Lipinski definition) is 1. The monoisotopic (exact) mass is 544 g/mol. The van der Waals surface area contributed by atoms with Crippen LogP contribution >= 0.6 is 11.6 Å². The van der Waals surface area contributed by atoms with E-state index in [0.717, 1.165) is 18.9 Å². The van der Waals surface area contributed by atoms with Crippen LogP contribution in [0.15, 0.2) is 23.8 Å². The number of methoxy groups -OCH3 is 1. The van der Waals surface area contributed by atoms with E-state index in [-0.39, 0.29) is 24.0 Å². The molecular formula is C25H33ClO9S. The van der Waals surface area contributed by atoms with Gasteiger partial charge >= 0.3 is 6.16 Å². The zero-order chi connectivity index (χ0) is 26.9. The Hall–Kier alpha value is -1.75. The quantitative estimate of drug-likeness (QED) is 0.315. The van der Waals surface area contributed by atoms with Gasteiger partial charge in [0.05, 0.1) is 24.3 Å². The molecule has 9 nitrogen and oxygen atoms in total. The topological polar surface area (TPSA) is 133 Å².